The van der Waals surface area contributed by atoms with E-state index in [1.165, 1.54) is 0 Å². The van der Waals surface area contributed by atoms with Crippen LogP contribution in [0.25, 0.3) is 10.9 Å². The van der Waals surface area contributed by atoms with E-state index < -0.39 is 0 Å². The van der Waals surface area contributed by atoms with E-state index in [0.29, 0.717) is 6.61 Å². The zero-order valence-corrected chi connectivity index (χ0v) is 13.7. The first kappa shape index (κ1) is 14.1. The Morgan fingerprint density at radius 3 is 2.76 bits per heavy atom. The van der Waals surface area contributed by atoms with E-state index in [1.807, 2.05) is 35.0 Å². The van der Waals surface area contributed by atoms with Crippen molar-refractivity contribution in [1.29, 1.82) is 0 Å². The average Bonchev–Trinajstić information content (AvgIpc) is 2.87. The van der Waals surface area contributed by atoms with Crippen molar-refractivity contribution in [3.63, 3.8) is 0 Å². The topological polar surface area (TPSA) is 27.1 Å². The minimum Gasteiger partial charge on any atom is -0.487 e. The van der Waals surface area contributed by atoms with Crippen LogP contribution in [0.3, 0.4) is 0 Å². The zero-order chi connectivity index (χ0) is 14.8. The van der Waals surface area contributed by atoms with Gasteiger partial charge in [0.15, 0.2) is 0 Å². The minimum atomic E-state index is 0.481. The maximum atomic E-state index is 5.90. The highest BCUT2D eigenvalue weighted by molar-refractivity contribution is 9.10. The summed E-state index contributed by atoms with van der Waals surface area (Å²) in [6, 6.07) is 14.3. The number of halogens is 1. The fourth-order valence-electron chi connectivity index (χ4n) is 2.40. The summed E-state index contributed by atoms with van der Waals surface area (Å²) in [6.45, 7) is 5.49. The first-order valence-electron chi connectivity index (χ1n) is 7.02. The summed E-state index contributed by atoms with van der Waals surface area (Å²) in [5.41, 5.74) is 3.30. The first-order chi connectivity index (χ1) is 10.2. The van der Waals surface area contributed by atoms with E-state index >= 15 is 0 Å². The number of aromatic nitrogens is 2. The largest absolute Gasteiger partial charge is 0.487 e. The molecular formula is C17H17BrN2O. The molecular weight excluding hydrogens is 328 g/mol. The van der Waals surface area contributed by atoms with Gasteiger partial charge in [0.1, 0.15) is 18.1 Å². The van der Waals surface area contributed by atoms with Crippen LogP contribution >= 0.6 is 15.9 Å². The van der Waals surface area contributed by atoms with Crippen LogP contribution in [0.2, 0.25) is 0 Å². The van der Waals surface area contributed by atoms with Gasteiger partial charge in [-0.3, -0.25) is 4.68 Å². The molecule has 0 bridgehead atoms. The van der Waals surface area contributed by atoms with E-state index in [0.717, 1.165) is 38.9 Å². The number of nitrogens with zero attached hydrogens (tertiary/aromatic N) is 2. The van der Waals surface area contributed by atoms with E-state index in [9.17, 15) is 0 Å². The molecule has 0 atom stereocenters. The van der Waals surface area contributed by atoms with E-state index in [1.54, 1.807) is 0 Å². The first-order valence-corrected chi connectivity index (χ1v) is 7.81. The van der Waals surface area contributed by atoms with Gasteiger partial charge in [-0.1, -0.05) is 34.1 Å². The Labute approximate surface area is 132 Å². The van der Waals surface area contributed by atoms with Gasteiger partial charge < -0.3 is 4.74 Å². The second-order valence-electron chi connectivity index (χ2n) is 4.98. The van der Waals surface area contributed by atoms with Gasteiger partial charge in [0.05, 0.1) is 5.52 Å². The molecule has 0 aliphatic rings. The summed E-state index contributed by atoms with van der Waals surface area (Å²) in [5.74, 6) is 0.867. The van der Waals surface area contributed by atoms with Gasteiger partial charge in [-0.15, -0.1) is 0 Å². The van der Waals surface area contributed by atoms with Crippen molar-refractivity contribution in [1.82, 2.24) is 9.78 Å². The molecule has 3 rings (SSSR count). The SMILES string of the molecule is CCn1nc(COc2ccc(Br)c(C)c2)c2ccccc21. The number of ether oxygens (including phenoxy) is 1. The molecule has 0 aliphatic heterocycles. The number of hydrogen-bond donors (Lipinski definition) is 0. The second-order valence-corrected chi connectivity index (χ2v) is 5.83. The Bertz CT molecular complexity index is 780. The van der Waals surface area contributed by atoms with Crippen LogP contribution in [0.5, 0.6) is 5.75 Å². The summed E-state index contributed by atoms with van der Waals surface area (Å²) in [6.07, 6.45) is 0. The number of fused-ring (bicyclic) bond motifs is 1. The lowest BCUT2D eigenvalue weighted by Gasteiger charge is -2.06. The minimum absolute atomic E-state index is 0.481. The number of hydrogen-bond acceptors (Lipinski definition) is 2. The molecule has 1 heterocycles. The fraction of sp³-hybridized carbons (Fsp3) is 0.235. The standard InChI is InChI=1S/C17H17BrN2O/c1-3-20-17-7-5-4-6-14(17)16(19-20)11-21-13-8-9-15(18)12(2)10-13/h4-10H,3,11H2,1-2H3. The monoisotopic (exact) mass is 344 g/mol. The highest BCUT2D eigenvalue weighted by atomic mass is 79.9. The molecule has 0 spiro atoms. The van der Waals surface area contributed by atoms with Gasteiger partial charge in [-0.05, 0) is 43.7 Å². The molecule has 2 aromatic carbocycles. The summed E-state index contributed by atoms with van der Waals surface area (Å²) < 4.78 is 9.01. The quantitative estimate of drug-likeness (QED) is 0.685. The Morgan fingerprint density at radius 1 is 1.19 bits per heavy atom. The molecule has 3 nitrogen and oxygen atoms in total. The van der Waals surface area contributed by atoms with Crippen molar-refractivity contribution in [2.75, 3.05) is 0 Å². The van der Waals surface area contributed by atoms with E-state index in [-0.39, 0.29) is 0 Å². The van der Waals surface area contributed by atoms with Crippen LogP contribution in [0.15, 0.2) is 46.9 Å². The fourth-order valence-corrected chi connectivity index (χ4v) is 2.65. The third kappa shape index (κ3) is 2.81. The lowest BCUT2D eigenvalue weighted by atomic mass is 10.2. The molecule has 0 radical (unpaired) electrons. The number of para-hydroxylation sites is 1. The van der Waals surface area contributed by atoms with E-state index in [2.05, 4.69) is 47.0 Å². The van der Waals surface area contributed by atoms with Crippen LogP contribution in [0.1, 0.15) is 18.2 Å². The summed E-state index contributed by atoms with van der Waals surface area (Å²) in [4.78, 5) is 0. The van der Waals surface area contributed by atoms with Crippen molar-refractivity contribution < 1.29 is 4.74 Å². The Kier molecular flexibility index (Phi) is 3.97. The second kappa shape index (κ2) is 5.90. The van der Waals surface area contributed by atoms with E-state index in [4.69, 9.17) is 4.74 Å². The van der Waals surface area contributed by atoms with Crippen LogP contribution in [-0.2, 0) is 13.2 Å². The highest BCUT2D eigenvalue weighted by Gasteiger charge is 2.09. The third-order valence-electron chi connectivity index (χ3n) is 3.54. The molecule has 0 saturated carbocycles. The van der Waals surface area contributed by atoms with Crippen molar-refractivity contribution in [3.05, 3.63) is 58.2 Å². The molecule has 0 saturated heterocycles. The molecule has 0 unspecified atom stereocenters. The molecule has 0 aliphatic carbocycles. The predicted molar refractivity (Wildman–Crippen MR) is 88.6 cm³/mol. The van der Waals surface area contributed by atoms with Crippen LogP contribution in [0.4, 0.5) is 0 Å². The summed E-state index contributed by atoms with van der Waals surface area (Å²) in [7, 11) is 0. The van der Waals surface area contributed by atoms with Crippen LogP contribution < -0.4 is 4.74 Å². The average molecular weight is 345 g/mol. The van der Waals surface area contributed by atoms with Gasteiger partial charge in [0, 0.05) is 16.4 Å². The van der Waals surface area contributed by atoms with Gasteiger partial charge in [0.25, 0.3) is 0 Å². The van der Waals surface area contributed by atoms with Gasteiger partial charge >= 0.3 is 0 Å². The van der Waals surface area contributed by atoms with Crippen molar-refractivity contribution in [2.24, 2.45) is 0 Å². The summed E-state index contributed by atoms with van der Waals surface area (Å²) >= 11 is 3.50. The summed E-state index contributed by atoms with van der Waals surface area (Å²) in [5, 5.41) is 5.81. The Morgan fingerprint density at radius 2 is 2.00 bits per heavy atom. The molecule has 21 heavy (non-hydrogen) atoms. The molecule has 3 aromatic rings. The van der Waals surface area contributed by atoms with Crippen molar-refractivity contribution in [3.8, 4) is 5.75 Å². The number of aryl methyl sites for hydroxylation is 2. The van der Waals surface area contributed by atoms with Crippen molar-refractivity contribution >= 4 is 26.8 Å². The maximum Gasteiger partial charge on any atom is 0.133 e. The number of rotatable bonds is 4. The predicted octanol–water partition coefficient (Wildman–Crippen LogP) is 4.71. The lowest BCUT2D eigenvalue weighted by Crippen LogP contribution is -2.00. The van der Waals surface area contributed by atoms with Gasteiger partial charge in [-0.25, -0.2) is 0 Å². The smallest absolute Gasteiger partial charge is 0.133 e. The van der Waals surface area contributed by atoms with Crippen LogP contribution in [0, 0.1) is 6.92 Å². The molecule has 1 aromatic heterocycles. The normalized spacial score (nSPS) is 11.0. The third-order valence-corrected chi connectivity index (χ3v) is 4.43. The van der Waals surface area contributed by atoms with Gasteiger partial charge in [-0.2, -0.15) is 5.10 Å². The van der Waals surface area contributed by atoms with Gasteiger partial charge in [0.2, 0.25) is 0 Å². The molecule has 108 valence electrons. The number of benzene rings is 2. The Hall–Kier alpha value is -1.81. The molecule has 0 amide bonds. The van der Waals surface area contributed by atoms with Crippen molar-refractivity contribution in [2.45, 2.75) is 27.0 Å². The zero-order valence-electron chi connectivity index (χ0n) is 12.1. The molecule has 0 fully saturated rings. The molecule has 4 heteroatoms. The molecule has 0 N–H and O–H groups in total. The van der Waals surface area contributed by atoms with Crippen LogP contribution in [-0.4, -0.2) is 9.78 Å². The highest BCUT2D eigenvalue weighted by Crippen LogP contribution is 2.24. The maximum absolute atomic E-state index is 5.90. The Balaban J connectivity index is 1.86. The lowest BCUT2D eigenvalue weighted by molar-refractivity contribution is 0.300.